The number of rotatable bonds is 7. The van der Waals surface area contributed by atoms with E-state index in [0.717, 1.165) is 43.3 Å². The average molecular weight is 434 g/mol. The van der Waals surface area contributed by atoms with Crippen LogP contribution in [0, 0.1) is 0 Å². The Morgan fingerprint density at radius 1 is 1.00 bits per heavy atom. The van der Waals surface area contributed by atoms with Gasteiger partial charge in [-0.3, -0.25) is 14.6 Å². The number of nitrogens with zero attached hydrogens (tertiary/aromatic N) is 2. The van der Waals surface area contributed by atoms with Crippen LogP contribution in [0.25, 0.3) is 10.9 Å². The number of nitrogens with one attached hydrogen (secondary N) is 1. The molecule has 1 aliphatic heterocycles. The van der Waals surface area contributed by atoms with E-state index in [4.69, 9.17) is 9.47 Å². The van der Waals surface area contributed by atoms with E-state index >= 15 is 0 Å². The summed E-state index contributed by atoms with van der Waals surface area (Å²) < 4.78 is 11.4. The summed E-state index contributed by atoms with van der Waals surface area (Å²) in [4.78, 5) is 31.5. The summed E-state index contributed by atoms with van der Waals surface area (Å²) in [5.41, 5.74) is 1.79. The van der Waals surface area contributed by atoms with Crippen LogP contribution in [-0.4, -0.2) is 48.0 Å². The number of anilines is 1. The molecule has 1 fully saturated rings. The van der Waals surface area contributed by atoms with Crippen molar-refractivity contribution in [2.45, 2.75) is 26.2 Å². The van der Waals surface area contributed by atoms with Crippen LogP contribution in [0.1, 0.15) is 36.5 Å². The summed E-state index contributed by atoms with van der Waals surface area (Å²) in [6.07, 6.45) is 4.93. The molecule has 0 saturated carbocycles. The molecule has 1 aromatic heterocycles. The van der Waals surface area contributed by atoms with E-state index in [1.54, 1.807) is 24.4 Å². The number of pyridine rings is 1. The van der Waals surface area contributed by atoms with E-state index in [-0.39, 0.29) is 18.4 Å². The maximum atomic E-state index is 12.9. The highest BCUT2D eigenvalue weighted by Gasteiger charge is 2.18. The number of hydrogen-bond acceptors (Lipinski definition) is 5. The second-order valence-corrected chi connectivity index (χ2v) is 7.66. The molecule has 0 atom stereocenters. The molecular weight excluding hydrogens is 406 g/mol. The van der Waals surface area contributed by atoms with E-state index in [2.05, 4.69) is 10.3 Å². The minimum absolute atomic E-state index is 0.0302. The zero-order valence-electron chi connectivity index (χ0n) is 18.2. The minimum Gasteiger partial charge on any atom is -0.490 e. The standard InChI is InChI=1S/C25H27N3O4/c1-2-31-22-16-19(11-12-21(22)32-17-23(29)28-14-4-3-5-15-28)25(30)27-20-10-6-8-18-9-7-13-26-24(18)20/h6-13,16H,2-5,14-15,17H2,1H3,(H,27,30). The first-order valence-corrected chi connectivity index (χ1v) is 11.0. The lowest BCUT2D eigenvalue weighted by molar-refractivity contribution is -0.134. The Morgan fingerprint density at radius 3 is 2.62 bits per heavy atom. The van der Waals surface area contributed by atoms with Crippen LogP contribution in [0.3, 0.4) is 0 Å². The third kappa shape index (κ3) is 4.99. The van der Waals surface area contributed by atoms with Crippen molar-refractivity contribution in [1.29, 1.82) is 0 Å². The van der Waals surface area contributed by atoms with Gasteiger partial charge in [-0.1, -0.05) is 18.2 Å². The van der Waals surface area contributed by atoms with Crippen molar-refractivity contribution < 1.29 is 19.1 Å². The third-order valence-corrected chi connectivity index (χ3v) is 5.45. The van der Waals surface area contributed by atoms with Gasteiger partial charge in [0.1, 0.15) is 0 Å². The van der Waals surface area contributed by atoms with E-state index in [0.29, 0.717) is 29.4 Å². The highest BCUT2D eigenvalue weighted by Crippen LogP contribution is 2.29. The Morgan fingerprint density at radius 2 is 1.81 bits per heavy atom. The molecule has 7 nitrogen and oxygen atoms in total. The zero-order chi connectivity index (χ0) is 22.3. The zero-order valence-corrected chi connectivity index (χ0v) is 18.2. The molecule has 0 aliphatic carbocycles. The molecular formula is C25H27N3O4. The number of ether oxygens (including phenoxy) is 2. The molecule has 0 unspecified atom stereocenters. The number of fused-ring (bicyclic) bond motifs is 1. The summed E-state index contributed by atoms with van der Waals surface area (Å²) in [5, 5.41) is 3.87. The van der Waals surface area contributed by atoms with Crippen LogP contribution < -0.4 is 14.8 Å². The fourth-order valence-corrected chi connectivity index (χ4v) is 3.81. The van der Waals surface area contributed by atoms with E-state index in [1.165, 1.54) is 0 Å². The van der Waals surface area contributed by atoms with Crippen LogP contribution in [0.4, 0.5) is 5.69 Å². The van der Waals surface area contributed by atoms with Crippen molar-refractivity contribution in [1.82, 2.24) is 9.88 Å². The Labute approximate surface area is 187 Å². The Bertz CT molecular complexity index is 1100. The number of hydrogen-bond donors (Lipinski definition) is 1. The predicted octanol–water partition coefficient (Wildman–Crippen LogP) is 4.28. The number of carbonyl (C=O) groups is 2. The van der Waals surface area contributed by atoms with Crippen LogP contribution >= 0.6 is 0 Å². The lowest BCUT2D eigenvalue weighted by Crippen LogP contribution is -2.38. The number of aromatic nitrogens is 1. The van der Waals surface area contributed by atoms with Crippen LogP contribution in [0.5, 0.6) is 11.5 Å². The van der Waals surface area contributed by atoms with Crippen LogP contribution in [0.15, 0.2) is 54.7 Å². The molecule has 7 heteroatoms. The number of amides is 2. The summed E-state index contributed by atoms with van der Waals surface area (Å²) >= 11 is 0. The third-order valence-electron chi connectivity index (χ3n) is 5.45. The number of para-hydroxylation sites is 1. The van der Waals surface area contributed by atoms with Crippen molar-refractivity contribution in [3.05, 3.63) is 60.3 Å². The van der Waals surface area contributed by atoms with Gasteiger partial charge in [-0.05, 0) is 56.5 Å². The highest BCUT2D eigenvalue weighted by atomic mass is 16.5. The fourth-order valence-electron chi connectivity index (χ4n) is 3.81. The molecule has 2 amide bonds. The Balaban J connectivity index is 1.47. The molecule has 166 valence electrons. The number of likely N-dealkylation sites (tertiary alicyclic amines) is 1. The quantitative estimate of drug-likeness (QED) is 0.602. The fraction of sp³-hybridized carbons (Fsp3) is 0.320. The molecule has 1 saturated heterocycles. The van der Waals surface area contributed by atoms with Crippen molar-refractivity contribution >= 4 is 28.4 Å². The van der Waals surface area contributed by atoms with Gasteiger partial charge in [0.2, 0.25) is 0 Å². The lowest BCUT2D eigenvalue weighted by Gasteiger charge is -2.26. The Hall–Kier alpha value is -3.61. The number of benzene rings is 2. The predicted molar refractivity (Wildman–Crippen MR) is 123 cm³/mol. The van der Waals surface area contributed by atoms with Crippen molar-refractivity contribution in [3.8, 4) is 11.5 Å². The molecule has 2 aromatic carbocycles. The summed E-state index contributed by atoms with van der Waals surface area (Å²) in [5.74, 6) is 0.570. The van der Waals surface area contributed by atoms with Gasteiger partial charge in [-0.25, -0.2) is 0 Å². The monoisotopic (exact) mass is 433 g/mol. The summed E-state index contributed by atoms with van der Waals surface area (Å²) in [6, 6.07) is 14.4. The lowest BCUT2D eigenvalue weighted by atomic mass is 10.1. The topological polar surface area (TPSA) is 80.8 Å². The van der Waals surface area contributed by atoms with Gasteiger partial charge in [-0.15, -0.1) is 0 Å². The van der Waals surface area contributed by atoms with Gasteiger partial charge in [0, 0.05) is 30.2 Å². The minimum atomic E-state index is -0.278. The van der Waals surface area contributed by atoms with Crippen LogP contribution in [-0.2, 0) is 4.79 Å². The summed E-state index contributed by atoms with van der Waals surface area (Å²) in [7, 11) is 0. The molecule has 32 heavy (non-hydrogen) atoms. The molecule has 2 heterocycles. The molecule has 1 aliphatic rings. The molecule has 1 N–H and O–H groups in total. The first kappa shape index (κ1) is 21.6. The number of piperidine rings is 1. The largest absolute Gasteiger partial charge is 0.490 e. The first-order valence-electron chi connectivity index (χ1n) is 11.0. The molecule has 0 spiro atoms. The van der Waals surface area contributed by atoms with E-state index in [9.17, 15) is 9.59 Å². The van der Waals surface area contributed by atoms with Crippen molar-refractivity contribution in [3.63, 3.8) is 0 Å². The molecule has 0 radical (unpaired) electrons. The van der Waals surface area contributed by atoms with Gasteiger partial charge < -0.3 is 19.7 Å². The molecule has 0 bridgehead atoms. The highest BCUT2D eigenvalue weighted by molar-refractivity contribution is 6.08. The van der Waals surface area contributed by atoms with Crippen molar-refractivity contribution in [2.75, 3.05) is 31.6 Å². The Kier molecular flexibility index (Phi) is 6.84. The van der Waals surface area contributed by atoms with Gasteiger partial charge in [0.15, 0.2) is 18.1 Å². The van der Waals surface area contributed by atoms with Gasteiger partial charge in [-0.2, -0.15) is 0 Å². The maximum Gasteiger partial charge on any atom is 0.260 e. The van der Waals surface area contributed by atoms with E-state index in [1.807, 2.05) is 42.2 Å². The van der Waals surface area contributed by atoms with Crippen LogP contribution in [0.2, 0.25) is 0 Å². The average Bonchev–Trinajstić information content (AvgIpc) is 2.84. The van der Waals surface area contributed by atoms with E-state index < -0.39 is 0 Å². The second kappa shape index (κ2) is 10.1. The molecule has 4 rings (SSSR count). The summed E-state index contributed by atoms with van der Waals surface area (Å²) in [6.45, 7) is 3.78. The van der Waals surface area contributed by atoms with Gasteiger partial charge in [0.25, 0.3) is 11.8 Å². The second-order valence-electron chi connectivity index (χ2n) is 7.66. The smallest absolute Gasteiger partial charge is 0.260 e. The first-order chi connectivity index (χ1) is 15.7. The number of carbonyl (C=O) groups excluding carboxylic acids is 2. The SMILES string of the molecule is CCOc1cc(C(=O)Nc2cccc3cccnc23)ccc1OCC(=O)N1CCCCC1. The van der Waals surface area contributed by atoms with Gasteiger partial charge >= 0.3 is 0 Å². The van der Waals surface area contributed by atoms with Crippen molar-refractivity contribution in [2.24, 2.45) is 0 Å². The van der Waals surface area contributed by atoms with Gasteiger partial charge in [0.05, 0.1) is 17.8 Å². The molecule has 3 aromatic rings. The maximum absolute atomic E-state index is 12.9. The normalized spacial score (nSPS) is 13.6.